The molecule has 1 nitrogen and oxygen atoms in total. The predicted octanol–water partition coefficient (Wildman–Crippen LogP) is 3.42. The highest BCUT2D eigenvalue weighted by Gasteiger charge is 2.10. The van der Waals surface area contributed by atoms with Crippen LogP contribution in [0.1, 0.15) is 32.3 Å². The Morgan fingerprint density at radius 2 is 1.76 bits per heavy atom. The van der Waals surface area contributed by atoms with Crippen LogP contribution in [0.3, 0.4) is 0 Å². The fourth-order valence-corrected chi connectivity index (χ4v) is 1.62. The molecule has 0 radical (unpaired) electrons. The second-order valence-electron chi connectivity index (χ2n) is 4.25. The molecule has 0 spiro atoms. The first-order chi connectivity index (χ1) is 8.04. The Balaban J connectivity index is 2.54. The number of rotatable bonds is 6. The molecule has 0 saturated heterocycles. The van der Waals surface area contributed by atoms with Gasteiger partial charge in [-0.1, -0.05) is 6.92 Å². The van der Waals surface area contributed by atoms with Gasteiger partial charge in [-0.2, -0.15) is 0 Å². The first kappa shape index (κ1) is 14.0. The second kappa shape index (κ2) is 6.64. The summed E-state index contributed by atoms with van der Waals surface area (Å²) >= 11 is 0. The molecule has 1 atom stereocenters. The summed E-state index contributed by atoms with van der Waals surface area (Å²) in [6.07, 6.45) is 2.13. The molecule has 0 aliphatic carbocycles. The van der Waals surface area contributed by atoms with Crippen LogP contribution in [-0.4, -0.2) is 12.6 Å². The maximum atomic E-state index is 13.3. The number of halogens is 3. The van der Waals surface area contributed by atoms with Gasteiger partial charge in [0.2, 0.25) is 0 Å². The Kier molecular flexibility index (Phi) is 5.48. The van der Waals surface area contributed by atoms with E-state index < -0.39 is 17.5 Å². The molecule has 0 aliphatic rings. The van der Waals surface area contributed by atoms with Crippen LogP contribution in [0.15, 0.2) is 12.1 Å². The smallest absolute Gasteiger partial charge is 0.161 e. The number of nitrogens with one attached hydrogen (secondary N) is 1. The van der Waals surface area contributed by atoms with E-state index in [-0.39, 0.29) is 11.6 Å². The molecule has 1 N–H and O–H groups in total. The van der Waals surface area contributed by atoms with Gasteiger partial charge < -0.3 is 5.32 Å². The molecule has 4 heteroatoms. The molecule has 0 fully saturated rings. The third-order valence-electron chi connectivity index (χ3n) is 2.68. The average Bonchev–Trinajstić information content (AvgIpc) is 2.29. The summed E-state index contributed by atoms with van der Waals surface area (Å²) in [5, 5.41) is 3.26. The van der Waals surface area contributed by atoms with Crippen LogP contribution in [-0.2, 0) is 6.42 Å². The van der Waals surface area contributed by atoms with E-state index >= 15 is 0 Å². The van der Waals surface area contributed by atoms with E-state index in [0.29, 0.717) is 18.9 Å². The third kappa shape index (κ3) is 4.38. The molecule has 17 heavy (non-hydrogen) atoms. The van der Waals surface area contributed by atoms with Gasteiger partial charge in [0.1, 0.15) is 5.82 Å². The van der Waals surface area contributed by atoms with Crippen LogP contribution in [0.5, 0.6) is 0 Å². The van der Waals surface area contributed by atoms with Gasteiger partial charge in [-0.15, -0.1) is 0 Å². The van der Waals surface area contributed by atoms with Crippen molar-refractivity contribution in [2.45, 2.75) is 39.2 Å². The summed E-state index contributed by atoms with van der Waals surface area (Å²) in [7, 11) is 0. The van der Waals surface area contributed by atoms with Crippen LogP contribution < -0.4 is 5.32 Å². The molecule has 1 aromatic carbocycles. The second-order valence-corrected chi connectivity index (χ2v) is 4.25. The highest BCUT2D eigenvalue weighted by molar-refractivity contribution is 5.20. The number of hydrogen-bond acceptors (Lipinski definition) is 1. The van der Waals surface area contributed by atoms with Gasteiger partial charge in [0, 0.05) is 12.1 Å². The lowest BCUT2D eigenvalue weighted by atomic mass is 10.1. The molecule has 0 heterocycles. The first-order valence-corrected chi connectivity index (χ1v) is 5.91. The van der Waals surface area contributed by atoms with Gasteiger partial charge in [-0.25, -0.2) is 13.2 Å². The van der Waals surface area contributed by atoms with Crippen molar-refractivity contribution >= 4 is 0 Å². The standard InChI is InChI=1S/C13H18F3N/c1-3-6-17-9(2)4-5-10-7-12(15)13(16)8-11(10)14/h7-9,17H,3-6H2,1-2H3. The molecule has 0 bridgehead atoms. The molecule has 0 aliphatic heterocycles. The summed E-state index contributed by atoms with van der Waals surface area (Å²) < 4.78 is 38.9. The molecule has 0 amide bonds. The lowest BCUT2D eigenvalue weighted by molar-refractivity contribution is 0.480. The van der Waals surface area contributed by atoms with Gasteiger partial charge in [0.15, 0.2) is 11.6 Å². The topological polar surface area (TPSA) is 12.0 Å². The summed E-state index contributed by atoms with van der Waals surface area (Å²) in [4.78, 5) is 0. The van der Waals surface area contributed by atoms with Crippen LogP contribution in [0.4, 0.5) is 13.2 Å². The van der Waals surface area contributed by atoms with Gasteiger partial charge in [-0.3, -0.25) is 0 Å². The fourth-order valence-electron chi connectivity index (χ4n) is 1.62. The van der Waals surface area contributed by atoms with Crippen LogP contribution in [0, 0.1) is 17.5 Å². The molecule has 96 valence electrons. The van der Waals surface area contributed by atoms with Crippen LogP contribution in [0.2, 0.25) is 0 Å². The maximum Gasteiger partial charge on any atom is 0.161 e. The van der Waals surface area contributed by atoms with Crippen molar-refractivity contribution in [3.05, 3.63) is 35.1 Å². The zero-order valence-corrected chi connectivity index (χ0v) is 10.2. The van der Waals surface area contributed by atoms with E-state index in [1.54, 1.807) is 0 Å². The van der Waals surface area contributed by atoms with E-state index in [0.717, 1.165) is 19.0 Å². The van der Waals surface area contributed by atoms with Crippen molar-refractivity contribution in [3.63, 3.8) is 0 Å². The molecule has 1 rings (SSSR count). The number of benzene rings is 1. The molecule has 0 saturated carbocycles. The first-order valence-electron chi connectivity index (χ1n) is 5.91. The zero-order chi connectivity index (χ0) is 12.8. The molecular formula is C13H18F3N. The van der Waals surface area contributed by atoms with Crippen molar-refractivity contribution in [2.24, 2.45) is 0 Å². The highest BCUT2D eigenvalue weighted by atomic mass is 19.2. The SMILES string of the molecule is CCCNC(C)CCc1cc(F)c(F)cc1F. The Morgan fingerprint density at radius 3 is 2.41 bits per heavy atom. The highest BCUT2D eigenvalue weighted by Crippen LogP contribution is 2.15. The minimum Gasteiger partial charge on any atom is -0.314 e. The zero-order valence-electron chi connectivity index (χ0n) is 10.2. The predicted molar refractivity (Wildman–Crippen MR) is 62.4 cm³/mol. The monoisotopic (exact) mass is 245 g/mol. The molecular weight excluding hydrogens is 227 g/mol. The molecule has 1 unspecified atom stereocenters. The summed E-state index contributed by atoms with van der Waals surface area (Å²) in [6, 6.07) is 1.79. The maximum absolute atomic E-state index is 13.3. The molecule has 0 aromatic heterocycles. The normalized spacial score (nSPS) is 12.8. The van der Waals surface area contributed by atoms with Gasteiger partial charge in [-0.05, 0) is 44.4 Å². The quantitative estimate of drug-likeness (QED) is 0.757. The van der Waals surface area contributed by atoms with E-state index in [9.17, 15) is 13.2 Å². The van der Waals surface area contributed by atoms with Crippen molar-refractivity contribution in [3.8, 4) is 0 Å². The van der Waals surface area contributed by atoms with E-state index in [4.69, 9.17) is 0 Å². The minimum absolute atomic E-state index is 0.231. The third-order valence-corrected chi connectivity index (χ3v) is 2.68. The summed E-state index contributed by atoms with van der Waals surface area (Å²) in [5.74, 6) is -2.80. The van der Waals surface area contributed by atoms with E-state index in [2.05, 4.69) is 12.2 Å². The Hall–Kier alpha value is -1.03. The van der Waals surface area contributed by atoms with E-state index in [1.807, 2.05) is 6.92 Å². The Morgan fingerprint density at radius 1 is 1.12 bits per heavy atom. The van der Waals surface area contributed by atoms with Crippen LogP contribution in [0.25, 0.3) is 0 Å². The summed E-state index contributed by atoms with van der Waals surface area (Å²) in [5.41, 5.74) is 0.231. The number of hydrogen-bond donors (Lipinski definition) is 1. The van der Waals surface area contributed by atoms with Crippen molar-refractivity contribution in [2.75, 3.05) is 6.54 Å². The van der Waals surface area contributed by atoms with Gasteiger partial charge >= 0.3 is 0 Å². The number of aryl methyl sites for hydroxylation is 1. The van der Waals surface area contributed by atoms with Crippen molar-refractivity contribution in [1.29, 1.82) is 0 Å². The van der Waals surface area contributed by atoms with Crippen molar-refractivity contribution < 1.29 is 13.2 Å². The summed E-state index contributed by atoms with van der Waals surface area (Å²) in [6.45, 7) is 4.96. The van der Waals surface area contributed by atoms with Crippen LogP contribution >= 0.6 is 0 Å². The Labute approximate surface area is 100 Å². The van der Waals surface area contributed by atoms with E-state index in [1.165, 1.54) is 0 Å². The van der Waals surface area contributed by atoms with Gasteiger partial charge in [0.25, 0.3) is 0 Å². The lowest BCUT2D eigenvalue weighted by Crippen LogP contribution is -2.27. The molecule has 1 aromatic rings. The lowest BCUT2D eigenvalue weighted by Gasteiger charge is -2.13. The minimum atomic E-state index is -1.14. The average molecular weight is 245 g/mol. The fraction of sp³-hybridized carbons (Fsp3) is 0.538. The van der Waals surface area contributed by atoms with Gasteiger partial charge in [0.05, 0.1) is 0 Å². The Bertz CT molecular complexity index is 366. The largest absolute Gasteiger partial charge is 0.314 e. The van der Waals surface area contributed by atoms with Crippen molar-refractivity contribution in [1.82, 2.24) is 5.32 Å².